The lowest BCUT2D eigenvalue weighted by atomic mass is 10.0. The summed E-state index contributed by atoms with van der Waals surface area (Å²) in [6.45, 7) is 3.68. The summed E-state index contributed by atoms with van der Waals surface area (Å²) in [5.41, 5.74) is 5.16. The third-order valence-electron chi connectivity index (χ3n) is 4.58. The molecule has 0 fully saturated rings. The van der Waals surface area contributed by atoms with E-state index in [4.69, 9.17) is 0 Å². The van der Waals surface area contributed by atoms with Crippen molar-refractivity contribution in [1.29, 1.82) is 0 Å². The van der Waals surface area contributed by atoms with Crippen LogP contribution < -0.4 is 10.6 Å². The second-order valence-electron chi connectivity index (χ2n) is 6.88. The van der Waals surface area contributed by atoms with Gasteiger partial charge in [0.25, 0.3) is 0 Å². The monoisotopic (exact) mass is 395 g/mol. The highest BCUT2D eigenvalue weighted by atomic mass is 32.1. The quantitative estimate of drug-likeness (QED) is 0.477. The molecular formula is C23H26FN3S. The zero-order valence-electron chi connectivity index (χ0n) is 16.2. The van der Waals surface area contributed by atoms with E-state index in [1.54, 1.807) is 6.07 Å². The molecule has 2 aromatic carbocycles. The van der Waals surface area contributed by atoms with E-state index in [9.17, 15) is 4.39 Å². The SMILES string of the molecule is CNCc1c[nH]c2cc(Cc3ccc(C)cc3F)ccc12.SC1=CNCC=C1. The zero-order valence-corrected chi connectivity index (χ0v) is 17.1. The number of rotatable bonds is 4. The van der Waals surface area contributed by atoms with Crippen LogP contribution in [0, 0.1) is 12.7 Å². The Morgan fingerprint density at radius 3 is 2.64 bits per heavy atom. The van der Waals surface area contributed by atoms with Crippen molar-refractivity contribution in [2.24, 2.45) is 0 Å². The van der Waals surface area contributed by atoms with Gasteiger partial charge in [-0.3, -0.25) is 0 Å². The Morgan fingerprint density at radius 2 is 2.00 bits per heavy atom. The van der Waals surface area contributed by atoms with Crippen LogP contribution in [0.15, 0.2) is 65.9 Å². The highest BCUT2D eigenvalue weighted by molar-refractivity contribution is 7.84. The van der Waals surface area contributed by atoms with E-state index in [1.165, 1.54) is 10.9 Å². The molecule has 0 unspecified atom stereocenters. The Bertz CT molecular complexity index is 1000. The van der Waals surface area contributed by atoms with Gasteiger partial charge in [0.15, 0.2) is 0 Å². The summed E-state index contributed by atoms with van der Waals surface area (Å²) in [5, 5.41) is 7.39. The van der Waals surface area contributed by atoms with Crippen LogP contribution in [0.3, 0.4) is 0 Å². The molecule has 0 spiro atoms. The summed E-state index contributed by atoms with van der Waals surface area (Å²) in [6.07, 6.45) is 8.52. The van der Waals surface area contributed by atoms with Gasteiger partial charge in [-0.05, 0) is 54.4 Å². The van der Waals surface area contributed by atoms with Crippen molar-refractivity contribution in [3.63, 3.8) is 0 Å². The first kappa shape index (κ1) is 20.2. The van der Waals surface area contributed by atoms with Gasteiger partial charge in [-0.1, -0.05) is 30.3 Å². The molecule has 3 nitrogen and oxygen atoms in total. The van der Waals surface area contributed by atoms with Crippen LogP contribution in [0.25, 0.3) is 10.9 Å². The molecule has 0 saturated heterocycles. The molecule has 4 rings (SSSR count). The fourth-order valence-corrected chi connectivity index (χ4v) is 3.35. The molecule has 1 aromatic heterocycles. The Kier molecular flexibility index (Phi) is 6.95. The van der Waals surface area contributed by atoms with Gasteiger partial charge in [-0.25, -0.2) is 4.39 Å². The number of fused-ring (bicyclic) bond motifs is 1. The topological polar surface area (TPSA) is 39.9 Å². The molecule has 0 saturated carbocycles. The standard InChI is InChI=1S/C18H19FN2.C5H7NS/c1-12-3-5-14(17(19)7-12)8-13-4-6-16-15(10-20-2)11-21-18(16)9-13;7-5-2-1-3-6-4-5/h3-7,9,11,20-21H,8,10H2,1-2H3;1-2,4,6-7H,3H2. The fraction of sp³-hybridized carbons (Fsp3) is 0.217. The van der Waals surface area contributed by atoms with Crippen molar-refractivity contribution in [2.75, 3.05) is 13.6 Å². The molecule has 0 radical (unpaired) electrons. The van der Waals surface area contributed by atoms with Crippen molar-refractivity contribution >= 4 is 23.5 Å². The first-order valence-corrected chi connectivity index (χ1v) is 9.79. The number of thiol groups is 1. The number of halogens is 1. The van der Waals surface area contributed by atoms with Crippen molar-refractivity contribution in [1.82, 2.24) is 15.6 Å². The first-order chi connectivity index (χ1) is 13.6. The second kappa shape index (κ2) is 9.62. The zero-order chi connectivity index (χ0) is 19.9. The summed E-state index contributed by atoms with van der Waals surface area (Å²) in [5.74, 6) is -0.127. The molecule has 146 valence electrons. The van der Waals surface area contributed by atoms with Crippen molar-refractivity contribution in [3.05, 3.63) is 93.9 Å². The number of nitrogens with one attached hydrogen (secondary N) is 3. The van der Waals surface area contributed by atoms with Crippen LogP contribution in [0.1, 0.15) is 22.3 Å². The van der Waals surface area contributed by atoms with E-state index < -0.39 is 0 Å². The number of benzene rings is 2. The lowest BCUT2D eigenvalue weighted by molar-refractivity contribution is 0.613. The fourth-order valence-electron chi connectivity index (χ4n) is 3.16. The predicted octanol–water partition coefficient (Wildman–Crippen LogP) is 4.84. The lowest BCUT2D eigenvalue weighted by Gasteiger charge is -2.05. The normalized spacial score (nSPS) is 12.9. The Morgan fingerprint density at radius 1 is 1.14 bits per heavy atom. The summed E-state index contributed by atoms with van der Waals surface area (Å²) in [7, 11) is 1.94. The first-order valence-electron chi connectivity index (χ1n) is 9.34. The van der Waals surface area contributed by atoms with E-state index in [0.717, 1.165) is 40.2 Å². The van der Waals surface area contributed by atoms with Crippen LogP contribution >= 0.6 is 12.6 Å². The molecule has 1 aliphatic rings. The minimum absolute atomic E-state index is 0.127. The molecule has 0 amide bonds. The van der Waals surface area contributed by atoms with Gasteiger partial charge in [0, 0.05) is 47.7 Å². The van der Waals surface area contributed by atoms with Gasteiger partial charge in [0.2, 0.25) is 0 Å². The van der Waals surface area contributed by atoms with E-state index in [-0.39, 0.29) is 5.82 Å². The third kappa shape index (κ3) is 5.27. The Labute approximate surface area is 171 Å². The smallest absolute Gasteiger partial charge is 0.126 e. The minimum Gasteiger partial charge on any atom is -0.387 e. The molecule has 0 atom stereocenters. The van der Waals surface area contributed by atoms with Crippen molar-refractivity contribution in [3.8, 4) is 0 Å². The molecule has 3 aromatic rings. The average Bonchev–Trinajstić information content (AvgIpc) is 3.08. The van der Waals surface area contributed by atoms with Crippen LogP contribution in [0.4, 0.5) is 4.39 Å². The third-order valence-corrected chi connectivity index (χ3v) is 4.85. The van der Waals surface area contributed by atoms with Gasteiger partial charge >= 0.3 is 0 Å². The molecule has 0 bridgehead atoms. The van der Waals surface area contributed by atoms with Crippen molar-refractivity contribution in [2.45, 2.75) is 19.9 Å². The molecule has 28 heavy (non-hydrogen) atoms. The molecular weight excluding hydrogens is 369 g/mol. The lowest BCUT2D eigenvalue weighted by Crippen LogP contribution is -2.06. The number of hydrogen-bond acceptors (Lipinski definition) is 3. The highest BCUT2D eigenvalue weighted by Gasteiger charge is 2.07. The number of aromatic amines is 1. The maximum atomic E-state index is 13.9. The van der Waals surface area contributed by atoms with Gasteiger partial charge < -0.3 is 15.6 Å². The molecule has 2 heterocycles. The van der Waals surface area contributed by atoms with Gasteiger partial charge in [0.1, 0.15) is 5.82 Å². The summed E-state index contributed by atoms with van der Waals surface area (Å²) < 4.78 is 13.9. The number of hydrogen-bond donors (Lipinski definition) is 4. The summed E-state index contributed by atoms with van der Waals surface area (Å²) >= 11 is 4.07. The Balaban J connectivity index is 0.000000271. The largest absolute Gasteiger partial charge is 0.387 e. The van der Waals surface area contributed by atoms with E-state index in [1.807, 2.05) is 50.7 Å². The average molecular weight is 396 g/mol. The molecule has 5 heteroatoms. The number of aromatic nitrogens is 1. The van der Waals surface area contributed by atoms with Crippen LogP contribution in [-0.4, -0.2) is 18.6 Å². The number of allylic oxidation sites excluding steroid dienone is 1. The number of H-pyrrole nitrogens is 1. The minimum atomic E-state index is -0.127. The second-order valence-corrected chi connectivity index (χ2v) is 7.39. The maximum absolute atomic E-state index is 13.9. The molecule has 0 aliphatic carbocycles. The summed E-state index contributed by atoms with van der Waals surface area (Å²) in [6, 6.07) is 11.7. The van der Waals surface area contributed by atoms with Crippen LogP contribution in [-0.2, 0) is 13.0 Å². The molecule has 1 aliphatic heterocycles. The number of dihydropyridines is 1. The molecule has 3 N–H and O–H groups in total. The van der Waals surface area contributed by atoms with Crippen LogP contribution in [0.2, 0.25) is 0 Å². The Hall–Kier alpha value is -2.50. The highest BCUT2D eigenvalue weighted by Crippen LogP contribution is 2.22. The predicted molar refractivity (Wildman–Crippen MR) is 119 cm³/mol. The maximum Gasteiger partial charge on any atom is 0.126 e. The van der Waals surface area contributed by atoms with Gasteiger partial charge in [0.05, 0.1) is 0 Å². The number of aryl methyl sites for hydroxylation is 1. The van der Waals surface area contributed by atoms with Gasteiger partial charge in [-0.2, -0.15) is 0 Å². The van der Waals surface area contributed by atoms with E-state index in [2.05, 4.69) is 46.4 Å². The van der Waals surface area contributed by atoms with Crippen molar-refractivity contribution < 1.29 is 4.39 Å². The van der Waals surface area contributed by atoms with E-state index >= 15 is 0 Å². The van der Waals surface area contributed by atoms with Gasteiger partial charge in [-0.15, -0.1) is 12.6 Å². The van der Waals surface area contributed by atoms with Crippen LogP contribution in [0.5, 0.6) is 0 Å². The van der Waals surface area contributed by atoms with E-state index in [0.29, 0.717) is 6.42 Å². The summed E-state index contributed by atoms with van der Waals surface area (Å²) in [4.78, 5) is 4.28.